The molecule has 2 aromatic rings. The third-order valence-corrected chi connectivity index (χ3v) is 4.24. The monoisotopic (exact) mass is 376 g/mol. The summed E-state index contributed by atoms with van der Waals surface area (Å²) in [6.45, 7) is 5.59. The number of benzene rings is 1. The zero-order valence-electron chi connectivity index (χ0n) is 15.3. The van der Waals surface area contributed by atoms with Gasteiger partial charge in [0.15, 0.2) is 17.3 Å². The molecule has 1 N–H and O–H groups in total. The average Bonchev–Trinajstić information content (AvgIpc) is 3.28. The molecule has 0 saturated carbocycles. The van der Waals surface area contributed by atoms with E-state index in [9.17, 15) is 0 Å². The van der Waals surface area contributed by atoms with Crippen molar-refractivity contribution in [3.63, 3.8) is 0 Å². The summed E-state index contributed by atoms with van der Waals surface area (Å²) >= 11 is 5.28. The summed E-state index contributed by atoms with van der Waals surface area (Å²) < 4.78 is 18.9. The Bertz CT molecular complexity index is 822. The molecule has 0 bridgehead atoms. The highest BCUT2D eigenvalue weighted by atomic mass is 32.1. The zero-order chi connectivity index (χ0) is 18.5. The summed E-state index contributed by atoms with van der Waals surface area (Å²) in [6, 6.07) is 5.70. The van der Waals surface area contributed by atoms with Gasteiger partial charge in [0.25, 0.3) is 0 Å². The van der Waals surface area contributed by atoms with Gasteiger partial charge in [0, 0.05) is 6.61 Å². The Hall–Kier alpha value is -2.19. The number of aromatic amines is 1. The van der Waals surface area contributed by atoms with Crippen molar-refractivity contribution < 1.29 is 14.2 Å². The second kappa shape index (κ2) is 8.46. The molecule has 0 unspecified atom stereocenters. The number of hydrogen-bond donors (Lipinski definition) is 1. The van der Waals surface area contributed by atoms with Crippen LogP contribution in [0.15, 0.2) is 23.3 Å². The van der Waals surface area contributed by atoms with Crippen LogP contribution in [0.5, 0.6) is 11.5 Å². The van der Waals surface area contributed by atoms with Crippen molar-refractivity contribution in [3.05, 3.63) is 34.4 Å². The van der Waals surface area contributed by atoms with E-state index >= 15 is 0 Å². The van der Waals surface area contributed by atoms with Crippen LogP contribution in [0.2, 0.25) is 0 Å². The third kappa shape index (κ3) is 4.31. The molecule has 1 aliphatic rings. The van der Waals surface area contributed by atoms with Gasteiger partial charge in [-0.2, -0.15) is 14.9 Å². The number of hydrogen-bond acceptors (Lipinski definition) is 6. The van der Waals surface area contributed by atoms with Gasteiger partial charge < -0.3 is 14.2 Å². The summed E-state index contributed by atoms with van der Waals surface area (Å²) in [7, 11) is 1.63. The van der Waals surface area contributed by atoms with Crippen molar-refractivity contribution in [2.24, 2.45) is 11.0 Å². The fraction of sp³-hybridized carbons (Fsp3) is 0.500. The third-order valence-electron chi connectivity index (χ3n) is 3.98. The minimum Gasteiger partial charge on any atom is -0.493 e. The molecule has 1 saturated heterocycles. The second-order valence-electron chi connectivity index (χ2n) is 6.56. The standard InChI is InChI=1S/C18H24N4O3S/c1-12(2)11-25-14-7-6-13(9-16(14)23-3)10-19-22-17(20-21-18(22)26)15-5-4-8-24-15/h6-7,9-10,12,15H,4-5,8,11H2,1-3H3,(H,21,26)/b19-10-/t15-/m0/s1. The van der Waals surface area contributed by atoms with Crippen LogP contribution >= 0.6 is 12.2 Å². The Morgan fingerprint density at radius 1 is 1.46 bits per heavy atom. The maximum absolute atomic E-state index is 5.78. The van der Waals surface area contributed by atoms with Gasteiger partial charge in [-0.15, -0.1) is 0 Å². The van der Waals surface area contributed by atoms with Crippen molar-refractivity contribution in [1.29, 1.82) is 0 Å². The Kier molecular flexibility index (Phi) is 6.05. The summed E-state index contributed by atoms with van der Waals surface area (Å²) in [5.74, 6) is 2.54. The van der Waals surface area contributed by atoms with E-state index in [-0.39, 0.29) is 6.10 Å². The smallest absolute Gasteiger partial charge is 0.216 e. The first kappa shape index (κ1) is 18.6. The van der Waals surface area contributed by atoms with E-state index in [1.54, 1.807) is 18.0 Å². The number of H-pyrrole nitrogens is 1. The second-order valence-corrected chi connectivity index (χ2v) is 6.95. The van der Waals surface area contributed by atoms with Crippen molar-refractivity contribution in [2.45, 2.75) is 32.8 Å². The van der Waals surface area contributed by atoms with Crippen LogP contribution in [0, 0.1) is 10.7 Å². The Morgan fingerprint density at radius 3 is 3.00 bits per heavy atom. The first-order chi connectivity index (χ1) is 12.6. The van der Waals surface area contributed by atoms with Gasteiger partial charge >= 0.3 is 0 Å². The average molecular weight is 376 g/mol. The Morgan fingerprint density at radius 2 is 2.31 bits per heavy atom. The molecule has 140 valence electrons. The lowest BCUT2D eigenvalue weighted by Gasteiger charge is -2.12. The van der Waals surface area contributed by atoms with Gasteiger partial charge in [-0.3, -0.25) is 5.10 Å². The minimum atomic E-state index is -0.0681. The Labute approximate surface area is 158 Å². The number of rotatable bonds is 7. The highest BCUT2D eigenvalue weighted by molar-refractivity contribution is 7.71. The molecule has 26 heavy (non-hydrogen) atoms. The van der Waals surface area contributed by atoms with Crippen LogP contribution in [0.3, 0.4) is 0 Å². The molecule has 7 nitrogen and oxygen atoms in total. The van der Waals surface area contributed by atoms with Gasteiger partial charge in [0.2, 0.25) is 4.77 Å². The normalized spacial score (nSPS) is 17.3. The van der Waals surface area contributed by atoms with Crippen molar-refractivity contribution in [2.75, 3.05) is 20.3 Å². The summed E-state index contributed by atoms with van der Waals surface area (Å²) in [6.07, 6.45) is 3.59. The molecule has 0 amide bonds. The summed E-state index contributed by atoms with van der Waals surface area (Å²) in [5, 5.41) is 11.5. The van der Waals surface area contributed by atoms with E-state index < -0.39 is 0 Å². The van der Waals surface area contributed by atoms with E-state index in [1.165, 1.54) is 0 Å². The first-order valence-electron chi connectivity index (χ1n) is 8.72. The van der Waals surface area contributed by atoms with E-state index in [2.05, 4.69) is 29.1 Å². The predicted molar refractivity (Wildman–Crippen MR) is 102 cm³/mol. The van der Waals surface area contributed by atoms with Crippen LogP contribution in [0.4, 0.5) is 0 Å². The molecule has 0 spiro atoms. The quantitative estimate of drug-likeness (QED) is 0.589. The van der Waals surface area contributed by atoms with Gasteiger partial charge in [-0.05, 0) is 54.7 Å². The van der Waals surface area contributed by atoms with Gasteiger partial charge in [-0.1, -0.05) is 13.8 Å². The van der Waals surface area contributed by atoms with Crippen LogP contribution in [0.25, 0.3) is 0 Å². The van der Waals surface area contributed by atoms with E-state index in [0.29, 0.717) is 28.9 Å². The molecular formula is C18H24N4O3S. The molecule has 1 atom stereocenters. The zero-order valence-corrected chi connectivity index (χ0v) is 16.1. The maximum Gasteiger partial charge on any atom is 0.216 e. The predicted octanol–water partition coefficient (Wildman–Crippen LogP) is 3.72. The van der Waals surface area contributed by atoms with Gasteiger partial charge in [0.05, 0.1) is 19.9 Å². The van der Waals surface area contributed by atoms with Crippen LogP contribution in [-0.2, 0) is 4.74 Å². The molecule has 3 rings (SSSR count). The first-order valence-corrected chi connectivity index (χ1v) is 9.13. The molecule has 1 fully saturated rings. The number of methoxy groups -OCH3 is 1. The fourth-order valence-electron chi connectivity index (χ4n) is 2.67. The molecule has 1 aromatic heterocycles. The highest BCUT2D eigenvalue weighted by Gasteiger charge is 2.23. The number of ether oxygens (including phenoxy) is 3. The topological polar surface area (TPSA) is 73.7 Å². The number of nitrogens with one attached hydrogen (secondary N) is 1. The minimum absolute atomic E-state index is 0.0681. The van der Waals surface area contributed by atoms with Crippen molar-refractivity contribution in [3.8, 4) is 11.5 Å². The molecule has 0 aliphatic carbocycles. The molecule has 8 heteroatoms. The van der Waals surface area contributed by atoms with E-state index in [4.69, 9.17) is 26.4 Å². The summed E-state index contributed by atoms with van der Waals surface area (Å²) in [5.41, 5.74) is 0.875. The lowest BCUT2D eigenvalue weighted by atomic mass is 10.2. The summed E-state index contributed by atoms with van der Waals surface area (Å²) in [4.78, 5) is 0. The maximum atomic E-state index is 5.78. The van der Waals surface area contributed by atoms with E-state index in [0.717, 1.165) is 30.8 Å². The lowest BCUT2D eigenvalue weighted by molar-refractivity contribution is 0.102. The van der Waals surface area contributed by atoms with Crippen molar-refractivity contribution >= 4 is 18.4 Å². The van der Waals surface area contributed by atoms with Gasteiger partial charge in [-0.25, -0.2) is 0 Å². The SMILES string of the molecule is COc1cc(/C=N\n2c([C@@H]3CCCO3)n[nH]c2=S)ccc1OCC(C)C. The van der Waals surface area contributed by atoms with Gasteiger partial charge in [0.1, 0.15) is 6.10 Å². The fourth-order valence-corrected chi connectivity index (χ4v) is 2.86. The number of nitrogens with zero attached hydrogens (tertiary/aromatic N) is 3. The molecule has 1 aromatic carbocycles. The molecule has 2 heterocycles. The molecule has 0 radical (unpaired) electrons. The molecule has 1 aliphatic heterocycles. The highest BCUT2D eigenvalue weighted by Crippen LogP contribution is 2.29. The Balaban J connectivity index is 1.80. The number of aromatic nitrogens is 3. The van der Waals surface area contributed by atoms with Crippen LogP contribution in [-0.4, -0.2) is 41.4 Å². The van der Waals surface area contributed by atoms with Crippen LogP contribution in [0.1, 0.15) is 44.2 Å². The van der Waals surface area contributed by atoms with Crippen LogP contribution < -0.4 is 9.47 Å². The van der Waals surface area contributed by atoms with E-state index in [1.807, 2.05) is 18.2 Å². The molecular weight excluding hydrogens is 352 g/mol. The largest absolute Gasteiger partial charge is 0.493 e. The lowest BCUT2D eigenvalue weighted by Crippen LogP contribution is -2.06. The van der Waals surface area contributed by atoms with Crippen molar-refractivity contribution in [1.82, 2.24) is 14.9 Å².